The summed E-state index contributed by atoms with van der Waals surface area (Å²) in [6.07, 6.45) is 3.57. The van der Waals surface area contributed by atoms with Crippen molar-refractivity contribution in [3.63, 3.8) is 0 Å². The molecule has 116 valence electrons. The second-order valence-corrected chi connectivity index (χ2v) is 6.52. The van der Waals surface area contributed by atoms with E-state index in [1.54, 1.807) is 0 Å². The number of para-hydroxylation sites is 1. The monoisotopic (exact) mass is 288 g/mol. The lowest BCUT2D eigenvalue weighted by Gasteiger charge is -2.33. The van der Waals surface area contributed by atoms with Gasteiger partial charge in [0.2, 0.25) is 0 Å². The summed E-state index contributed by atoms with van der Waals surface area (Å²) in [5, 5.41) is 3.77. The summed E-state index contributed by atoms with van der Waals surface area (Å²) in [4.78, 5) is 2.60. The van der Waals surface area contributed by atoms with Crippen LogP contribution in [0.3, 0.4) is 0 Å². The van der Waals surface area contributed by atoms with Crippen LogP contribution in [0.25, 0.3) is 0 Å². The highest BCUT2D eigenvalue weighted by Gasteiger charge is 2.32. The fourth-order valence-corrected chi connectivity index (χ4v) is 3.70. The van der Waals surface area contributed by atoms with Gasteiger partial charge in [0.25, 0.3) is 0 Å². The third-order valence-electron chi connectivity index (χ3n) is 4.93. The van der Waals surface area contributed by atoms with Crippen molar-refractivity contribution in [3.05, 3.63) is 29.8 Å². The molecule has 1 fully saturated rings. The molecule has 1 aromatic rings. The summed E-state index contributed by atoms with van der Waals surface area (Å²) < 4.78 is 5.62. The normalized spacial score (nSPS) is 26.1. The van der Waals surface area contributed by atoms with Gasteiger partial charge in [-0.05, 0) is 44.4 Å². The standard InChI is InChI=1S/C18H28N2O/c1-3-9-19-17(16-8-10-21-13-16)12-20-14(2)11-15-6-4-5-7-18(15)20/h4-7,14,16-17,19H,3,8-13H2,1-2H3. The van der Waals surface area contributed by atoms with Gasteiger partial charge in [-0.25, -0.2) is 0 Å². The molecule has 0 aromatic heterocycles. The first kappa shape index (κ1) is 14.9. The quantitative estimate of drug-likeness (QED) is 0.871. The second kappa shape index (κ2) is 6.80. The van der Waals surface area contributed by atoms with E-state index in [0.717, 1.165) is 26.3 Å². The highest BCUT2D eigenvalue weighted by molar-refractivity contribution is 5.59. The summed E-state index contributed by atoms with van der Waals surface area (Å²) in [5.41, 5.74) is 2.94. The van der Waals surface area contributed by atoms with Crippen molar-refractivity contribution in [2.75, 3.05) is 31.2 Å². The van der Waals surface area contributed by atoms with Crippen molar-refractivity contribution >= 4 is 5.69 Å². The molecule has 0 bridgehead atoms. The molecule has 3 heteroatoms. The van der Waals surface area contributed by atoms with Crippen molar-refractivity contribution in [1.82, 2.24) is 5.32 Å². The van der Waals surface area contributed by atoms with Crippen molar-refractivity contribution in [3.8, 4) is 0 Å². The van der Waals surface area contributed by atoms with E-state index in [9.17, 15) is 0 Å². The molecule has 2 aliphatic rings. The molecule has 0 radical (unpaired) electrons. The third kappa shape index (κ3) is 3.24. The molecule has 1 aromatic carbocycles. The maximum atomic E-state index is 5.62. The maximum Gasteiger partial charge on any atom is 0.0510 e. The van der Waals surface area contributed by atoms with Gasteiger partial charge in [0.05, 0.1) is 6.61 Å². The summed E-state index contributed by atoms with van der Waals surface area (Å²) in [6, 6.07) is 10.0. The van der Waals surface area contributed by atoms with Gasteiger partial charge < -0.3 is 15.0 Å². The van der Waals surface area contributed by atoms with Crippen molar-refractivity contribution in [2.24, 2.45) is 5.92 Å². The summed E-state index contributed by atoms with van der Waals surface area (Å²) in [6.45, 7) is 8.65. The number of benzene rings is 1. The van der Waals surface area contributed by atoms with Gasteiger partial charge in [0, 0.05) is 36.8 Å². The van der Waals surface area contributed by atoms with Crippen LogP contribution in [-0.2, 0) is 11.2 Å². The number of anilines is 1. The summed E-state index contributed by atoms with van der Waals surface area (Å²) >= 11 is 0. The van der Waals surface area contributed by atoms with Gasteiger partial charge in [-0.1, -0.05) is 25.1 Å². The Bertz CT molecular complexity index is 456. The largest absolute Gasteiger partial charge is 0.381 e. The second-order valence-electron chi connectivity index (χ2n) is 6.52. The number of fused-ring (bicyclic) bond motifs is 1. The zero-order valence-corrected chi connectivity index (χ0v) is 13.3. The minimum Gasteiger partial charge on any atom is -0.381 e. The molecule has 2 aliphatic heterocycles. The van der Waals surface area contributed by atoms with Gasteiger partial charge in [-0.3, -0.25) is 0 Å². The molecular formula is C18H28N2O. The highest BCUT2D eigenvalue weighted by Crippen LogP contribution is 2.32. The number of hydrogen-bond acceptors (Lipinski definition) is 3. The number of hydrogen-bond donors (Lipinski definition) is 1. The van der Waals surface area contributed by atoms with Crippen LogP contribution < -0.4 is 10.2 Å². The SMILES string of the molecule is CCCNC(CN1c2ccccc2CC1C)C1CCOC1. The van der Waals surface area contributed by atoms with E-state index in [1.807, 2.05) is 0 Å². The van der Waals surface area contributed by atoms with E-state index in [4.69, 9.17) is 4.74 Å². The number of rotatable bonds is 6. The molecule has 1 saturated heterocycles. The molecule has 0 spiro atoms. The van der Waals surface area contributed by atoms with Gasteiger partial charge in [0.15, 0.2) is 0 Å². The molecule has 0 aliphatic carbocycles. The topological polar surface area (TPSA) is 24.5 Å². The van der Waals surface area contributed by atoms with Crippen LogP contribution in [0.1, 0.15) is 32.3 Å². The Labute approximate surface area is 128 Å². The summed E-state index contributed by atoms with van der Waals surface area (Å²) in [7, 11) is 0. The van der Waals surface area contributed by atoms with Crippen LogP contribution in [0.4, 0.5) is 5.69 Å². The Morgan fingerprint density at radius 1 is 1.38 bits per heavy atom. The van der Waals surface area contributed by atoms with E-state index < -0.39 is 0 Å². The molecule has 21 heavy (non-hydrogen) atoms. The number of nitrogens with one attached hydrogen (secondary N) is 1. The predicted molar refractivity (Wildman–Crippen MR) is 88.0 cm³/mol. The van der Waals surface area contributed by atoms with Gasteiger partial charge in [-0.2, -0.15) is 0 Å². The van der Waals surface area contributed by atoms with Crippen molar-refractivity contribution in [2.45, 2.75) is 45.2 Å². The Kier molecular flexibility index (Phi) is 4.81. The van der Waals surface area contributed by atoms with Crippen LogP contribution >= 0.6 is 0 Å². The zero-order valence-electron chi connectivity index (χ0n) is 13.3. The molecule has 3 rings (SSSR count). The first-order chi connectivity index (χ1) is 10.3. The molecule has 3 nitrogen and oxygen atoms in total. The Hall–Kier alpha value is -1.06. The molecule has 0 saturated carbocycles. The smallest absolute Gasteiger partial charge is 0.0510 e. The predicted octanol–water partition coefficient (Wildman–Crippen LogP) is 2.84. The van der Waals surface area contributed by atoms with Crippen LogP contribution in [-0.4, -0.2) is 38.4 Å². The molecule has 1 N–H and O–H groups in total. The fourth-order valence-electron chi connectivity index (χ4n) is 3.70. The molecule has 0 amide bonds. The van der Waals surface area contributed by atoms with E-state index in [1.165, 1.54) is 30.5 Å². The Balaban J connectivity index is 1.72. The van der Waals surface area contributed by atoms with Crippen LogP contribution in [0, 0.1) is 5.92 Å². The summed E-state index contributed by atoms with van der Waals surface area (Å²) in [5.74, 6) is 0.663. The maximum absolute atomic E-state index is 5.62. The zero-order chi connectivity index (χ0) is 14.7. The minimum atomic E-state index is 0.543. The van der Waals surface area contributed by atoms with E-state index in [0.29, 0.717) is 18.0 Å². The third-order valence-corrected chi connectivity index (χ3v) is 4.93. The number of nitrogens with zero attached hydrogens (tertiary/aromatic N) is 1. The first-order valence-corrected chi connectivity index (χ1v) is 8.45. The minimum absolute atomic E-state index is 0.543. The molecular weight excluding hydrogens is 260 g/mol. The Morgan fingerprint density at radius 2 is 2.24 bits per heavy atom. The van der Waals surface area contributed by atoms with E-state index in [-0.39, 0.29) is 0 Å². The molecule has 3 unspecified atom stereocenters. The molecule has 3 atom stereocenters. The van der Waals surface area contributed by atoms with Crippen LogP contribution in [0.2, 0.25) is 0 Å². The van der Waals surface area contributed by atoms with E-state index in [2.05, 4.69) is 48.3 Å². The van der Waals surface area contributed by atoms with E-state index >= 15 is 0 Å². The highest BCUT2D eigenvalue weighted by atomic mass is 16.5. The van der Waals surface area contributed by atoms with Gasteiger partial charge >= 0.3 is 0 Å². The van der Waals surface area contributed by atoms with Crippen molar-refractivity contribution in [1.29, 1.82) is 0 Å². The van der Waals surface area contributed by atoms with Gasteiger partial charge in [0.1, 0.15) is 0 Å². The lowest BCUT2D eigenvalue weighted by Crippen LogP contribution is -2.48. The lowest BCUT2D eigenvalue weighted by molar-refractivity contribution is 0.176. The average molecular weight is 288 g/mol. The lowest BCUT2D eigenvalue weighted by atomic mass is 9.98. The van der Waals surface area contributed by atoms with Crippen LogP contribution in [0.15, 0.2) is 24.3 Å². The van der Waals surface area contributed by atoms with Crippen molar-refractivity contribution < 1.29 is 4.74 Å². The van der Waals surface area contributed by atoms with Crippen LogP contribution in [0.5, 0.6) is 0 Å². The number of ether oxygens (including phenoxy) is 1. The average Bonchev–Trinajstić information content (AvgIpc) is 3.11. The molecule has 2 heterocycles. The van der Waals surface area contributed by atoms with Gasteiger partial charge in [-0.15, -0.1) is 0 Å². The fraction of sp³-hybridized carbons (Fsp3) is 0.667. The Morgan fingerprint density at radius 3 is 3.00 bits per heavy atom. The first-order valence-electron chi connectivity index (χ1n) is 8.45.